The fraction of sp³-hybridized carbons (Fsp3) is 0.143. The summed E-state index contributed by atoms with van der Waals surface area (Å²) < 4.78 is 39.3. The molecule has 0 spiro atoms. The number of aryl methyl sites for hydroxylation is 1. The summed E-state index contributed by atoms with van der Waals surface area (Å²) in [6.45, 7) is 1.84. The van der Waals surface area contributed by atoms with Crippen LogP contribution in [-0.4, -0.2) is 14.6 Å². The van der Waals surface area contributed by atoms with Crippen LogP contribution in [0.4, 0.5) is 19.0 Å². The second-order valence-electron chi connectivity index (χ2n) is 4.70. The molecule has 0 bridgehead atoms. The van der Waals surface area contributed by atoms with Crippen molar-refractivity contribution >= 4 is 11.5 Å². The van der Waals surface area contributed by atoms with Gasteiger partial charge in [-0.15, -0.1) is 0 Å². The molecule has 0 fully saturated rings. The highest BCUT2D eigenvalue weighted by atomic mass is 19.4. The Kier molecular flexibility index (Phi) is 2.86. The first-order valence-electron chi connectivity index (χ1n) is 6.15. The van der Waals surface area contributed by atoms with Crippen LogP contribution in [0.5, 0.6) is 0 Å². The molecule has 1 aromatic carbocycles. The number of nitrogen functional groups attached to an aromatic ring is 1. The van der Waals surface area contributed by atoms with E-state index in [2.05, 4.69) is 10.1 Å². The van der Waals surface area contributed by atoms with E-state index in [9.17, 15) is 13.2 Å². The summed E-state index contributed by atoms with van der Waals surface area (Å²) in [4.78, 5) is 4.18. The molecule has 0 atom stereocenters. The monoisotopic (exact) mass is 292 g/mol. The van der Waals surface area contributed by atoms with Crippen LogP contribution in [0, 0.1) is 6.92 Å². The Labute approximate surface area is 118 Å². The lowest BCUT2D eigenvalue weighted by Gasteiger charge is -2.09. The van der Waals surface area contributed by atoms with Gasteiger partial charge in [-0.1, -0.05) is 12.1 Å². The summed E-state index contributed by atoms with van der Waals surface area (Å²) in [5.74, 6) is 0.293. The van der Waals surface area contributed by atoms with Crippen LogP contribution < -0.4 is 5.73 Å². The molecule has 3 rings (SSSR count). The molecule has 2 aromatic heterocycles. The van der Waals surface area contributed by atoms with Gasteiger partial charge in [-0.2, -0.15) is 18.3 Å². The van der Waals surface area contributed by atoms with Gasteiger partial charge < -0.3 is 5.73 Å². The van der Waals surface area contributed by atoms with Crippen LogP contribution in [0.1, 0.15) is 11.1 Å². The normalized spacial score (nSPS) is 12.0. The van der Waals surface area contributed by atoms with Gasteiger partial charge in [0.05, 0.1) is 17.5 Å². The lowest BCUT2D eigenvalue weighted by atomic mass is 10.1. The summed E-state index contributed by atoms with van der Waals surface area (Å²) in [5, 5.41) is 4.18. The number of nitrogens with two attached hydrogens (primary N) is 1. The Morgan fingerprint density at radius 3 is 2.43 bits per heavy atom. The van der Waals surface area contributed by atoms with E-state index in [0.717, 1.165) is 17.7 Å². The lowest BCUT2D eigenvalue weighted by Crippen LogP contribution is -2.05. The highest BCUT2D eigenvalue weighted by Gasteiger charge is 2.30. The topological polar surface area (TPSA) is 56.2 Å². The predicted octanol–water partition coefficient (Wildman–Crippen LogP) is 3.31. The van der Waals surface area contributed by atoms with E-state index in [1.165, 1.54) is 12.1 Å². The smallest absolute Gasteiger partial charge is 0.384 e. The summed E-state index contributed by atoms with van der Waals surface area (Å²) in [6.07, 6.45) is -2.72. The molecule has 7 heteroatoms. The number of fused-ring (bicyclic) bond motifs is 1. The van der Waals surface area contributed by atoms with E-state index in [1.807, 2.05) is 6.92 Å². The van der Waals surface area contributed by atoms with Gasteiger partial charge in [0.2, 0.25) is 0 Å². The number of hydrogen-bond donors (Lipinski definition) is 1. The Morgan fingerprint density at radius 2 is 1.81 bits per heavy atom. The molecule has 0 unspecified atom stereocenters. The van der Waals surface area contributed by atoms with Crippen molar-refractivity contribution in [3.8, 4) is 11.3 Å². The van der Waals surface area contributed by atoms with E-state index in [4.69, 9.17) is 5.73 Å². The molecule has 0 saturated carbocycles. The lowest BCUT2D eigenvalue weighted by molar-refractivity contribution is -0.137. The first-order valence-corrected chi connectivity index (χ1v) is 6.15. The van der Waals surface area contributed by atoms with E-state index in [1.54, 1.807) is 16.8 Å². The van der Waals surface area contributed by atoms with Crippen molar-refractivity contribution in [2.45, 2.75) is 13.1 Å². The van der Waals surface area contributed by atoms with E-state index >= 15 is 0 Å². The molecule has 2 heterocycles. The van der Waals surface area contributed by atoms with Crippen LogP contribution in [-0.2, 0) is 6.18 Å². The fourth-order valence-electron chi connectivity index (χ4n) is 2.13. The maximum atomic E-state index is 12.6. The van der Waals surface area contributed by atoms with Gasteiger partial charge in [0, 0.05) is 17.2 Å². The summed E-state index contributed by atoms with van der Waals surface area (Å²) in [5.41, 5.74) is 7.68. The Hall–Kier alpha value is -2.57. The number of halogens is 3. The van der Waals surface area contributed by atoms with Gasteiger partial charge in [0.1, 0.15) is 5.82 Å². The average Bonchev–Trinajstić information content (AvgIpc) is 2.79. The number of alkyl halides is 3. The van der Waals surface area contributed by atoms with Crippen molar-refractivity contribution in [3.05, 3.63) is 47.7 Å². The van der Waals surface area contributed by atoms with Gasteiger partial charge >= 0.3 is 6.18 Å². The minimum Gasteiger partial charge on any atom is -0.384 e. The zero-order chi connectivity index (χ0) is 15.2. The number of nitrogens with zero attached hydrogens (tertiary/aromatic N) is 3. The molecule has 4 nitrogen and oxygen atoms in total. The first-order chi connectivity index (χ1) is 9.86. The molecule has 0 saturated heterocycles. The number of anilines is 1. The third-order valence-electron chi connectivity index (χ3n) is 3.18. The van der Waals surface area contributed by atoms with Crippen molar-refractivity contribution in [1.82, 2.24) is 14.6 Å². The highest BCUT2D eigenvalue weighted by molar-refractivity contribution is 5.67. The molecule has 3 aromatic rings. The van der Waals surface area contributed by atoms with Crippen molar-refractivity contribution in [3.63, 3.8) is 0 Å². The van der Waals surface area contributed by atoms with Crippen molar-refractivity contribution in [2.75, 3.05) is 5.73 Å². The first kappa shape index (κ1) is 13.4. The third-order valence-corrected chi connectivity index (χ3v) is 3.18. The molecule has 0 aliphatic carbocycles. The average molecular weight is 292 g/mol. The van der Waals surface area contributed by atoms with Gasteiger partial charge in [-0.25, -0.2) is 9.50 Å². The van der Waals surface area contributed by atoms with Gasteiger partial charge in [0.25, 0.3) is 0 Å². The molecule has 0 radical (unpaired) electrons. The molecule has 108 valence electrons. The largest absolute Gasteiger partial charge is 0.416 e. The quantitative estimate of drug-likeness (QED) is 0.748. The number of hydrogen-bond acceptors (Lipinski definition) is 3. The van der Waals surface area contributed by atoms with Gasteiger partial charge in [-0.05, 0) is 19.1 Å². The Bertz CT molecular complexity index is 803. The molecular weight excluding hydrogens is 281 g/mol. The SMILES string of the molecule is Cc1cnn2c(-c3ccc(C(F)(F)F)cc3)cc(N)nc12. The van der Waals surface area contributed by atoms with Crippen LogP contribution >= 0.6 is 0 Å². The van der Waals surface area contributed by atoms with E-state index < -0.39 is 11.7 Å². The molecule has 21 heavy (non-hydrogen) atoms. The fourth-order valence-corrected chi connectivity index (χ4v) is 2.13. The minimum absolute atomic E-state index is 0.293. The summed E-state index contributed by atoms with van der Waals surface area (Å²) in [7, 11) is 0. The Morgan fingerprint density at radius 1 is 1.14 bits per heavy atom. The summed E-state index contributed by atoms with van der Waals surface area (Å²) >= 11 is 0. The Balaban J connectivity index is 2.16. The molecule has 0 aliphatic heterocycles. The van der Waals surface area contributed by atoms with Crippen LogP contribution in [0.2, 0.25) is 0 Å². The van der Waals surface area contributed by atoms with Gasteiger partial charge in [-0.3, -0.25) is 0 Å². The van der Waals surface area contributed by atoms with E-state index in [0.29, 0.717) is 22.7 Å². The van der Waals surface area contributed by atoms with Crippen LogP contribution in [0.3, 0.4) is 0 Å². The molecule has 2 N–H and O–H groups in total. The second kappa shape index (κ2) is 4.47. The molecule has 0 aliphatic rings. The maximum Gasteiger partial charge on any atom is 0.416 e. The number of aromatic nitrogens is 3. The van der Waals surface area contributed by atoms with Gasteiger partial charge in [0.15, 0.2) is 5.65 Å². The zero-order valence-electron chi connectivity index (χ0n) is 11.0. The number of rotatable bonds is 1. The van der Waals surface area contributed by atoms with Crippen LogP contribution in [0.15, 0.2) is 36.5 Å². The van der Waals surface area contributed by atoms with Crippen LogP contribution in [0.25, 0.3) is 16.9 Å². The zero-order valence-corrected chi connectivity index (χ0v) is 11.0. The molecule has 0 amide bonds. The standard InChI is InChI=1S/C14H11F3N4/c1-8-7-19-21-11(6-12(18)20-13(8)21)9-2-4-10(5-3-9)14(15,16)17/h2-7H,1H3,(H2,18,20). The maximum absolute atomic E-state index is 12.6. The summed E-state index contributed by atoms with van der Waals surface area (Å²) in [6, 6.07) is 6.45. The van der Waals surface area contributed by atoms with Crippen molar-refractivity contribution in [1.29, 1.82) is 0 Å². The van der Waals surface area contributed by atoms with Crippen molar-refractivity contribution < 1.29 is 13.2 Å². The third kappa shape index (κ3) is 2.31. The van der Waals surface area contributed by atoms with E-state index in [-0.39, 0.29) is 0 Å². The van der Waals surface area contributed by atoms with Crippen molar-refractivity contribution in [2.24, 2.45) is 0 Å². The predicted molar refractivity (Wildman–Crippen MR) is 72.6 cm³/mol. The number of benzene rings is 1. The highest BCUT2D eigenvalue weighted by Crippen LogP contribution is 2.31. The second-order valence-corrected chi connectivity index (χ2v) is 4.70. The molecular formula is C14H11F3N4. The minimum atomic E-state index is -4.35.